The Hall–Kier alpha value is -2.38. The second-order valence-electron chi connectivity index (χ2n) is 4.06. The summed E-state index contributed by atoms with van der Waals surface area (Å²) in [5.74, 6) is -8.87. The molecule has 1 aromatic carbocycles. The SMILES string of the molecule is CCOC(=O)C=CNCCC(=O)c1cc(F)c(F)c(F)c1F. The van der Waals surface area contributed by atoms with E-state index in [0.717, 1.165) is 6.08 Å². The van der Waals surface area contributed by atoms with E-state index in [1.807, 2.05) is 0 Å². The van der Waals surface area contributed by atoms with Crippen molar-refractivity contribution in [3.8, 4) is 0 Å². The van der Waals surface area contributed by atoms with E-state index in [2.05, 4.69) is 10.1 Å². The molecule has 120 valence electrons. The molecule has 1 N–H and O–H groups in total. The average Bonchev–Trinajstić information content (AvgIpc) is 2.48. The first-order valence-electron chi connectivity index (χ1n) is 6.31. The summed E-state index contributed by atoms with van der Waals surface area (Å²) in [4.78, 5) is 22.6. The molecule has 0 radical (unpaired) electrons. The molecule has 0 fully saturated rings. The van der Waals surface area contributed by atoms with Crippen LogP contribution in [0.1, 0.15) is 23.7 Å². The average molecular weight is 319 g/mol. The molecular weight excluding hydrogens is 306 g/mol. The number of hydrogen-bond donors (Lipinski definition) is 1. The van der Waals surface area contributed by atoms with Crippen LogP contribution >= 0.6 is 0 Å². The highest BCUT2D eigenvalue weighted by Gasteiger charge is 2.22. The Morgan fingerprint density at radius 2 is 1.86 bits per heavy atom. The lowest BCUT2D eigenvalue weighted by molar-refractivity contribution is -0.137. The summed E-state index contributed by atoms with van der Waals surface area (Å²) in [5.41, 5.74) is -0.868. The highest BCUT2D eigenvalue weighted by molar-refractivity contribution is 5.96. The molecule has 0 amide bonds. The maximum absolute atomic E-state index is 13.4. The van der Waals surface area contributed by atoms with Gasteiger partial charge >= 0.3 is 5.97 Å². The molecule has 0 bridgehead atoms. The second-order valence-corrected chi connectivity index (χ2v) is 4.06. The third kappa shape index (κ3) is 4.57. The lowest BCUT2D eigenvalue weighted by Gasteiger charge is -2.05. The zero-order valence-corrected chi connectivity index (χ0v) is 11.6. The molecule has 0 saturated carbocycles. The van der Waals surface area contributed by atoms with Crippen molar-refractivity contribution >= 4 is 11.8 Å². The van der Waals surface area contributed by atoms with Crippen molar-refractivity contribution in [3.05, 3.63) is 47.2 Å². The van der Waals surface area contributed by atoms with Crippen LogP contribution in [0.15, 0.2) is 18.3 Å². The van der Waals surface area contributed by atoms with E-state index in [1.165, 1.54) is 6.20 Å². The Balaban J connectivity index is 2.59. The van der Waals surface area contributed by atoms with Crippen LogP contribution in [0.2, 0.25) is 0 Å². The van der Waals surface area contributed by atoms with Gasteiger partial charge in [-0.1, -0.05) is 0 Å². The maximum atomic E-state index is 13.4. The predicted molar refractivity (Wildman–Crippen MR) is 69.0 cm³/mol. The largest absolute Gasteiger partial charge is 0.463 e. The minimum absolute atomic E-state index is 0.0191. The van der Waals surface area contributed by atoms with Crippen LogP contribution < -0.4 is 5.32 Å². The van der Waals surface area contributed by atoms with E-state index in [9.17, 15) is 27.2 Å². The Labute approximate surface area is 123 Å². The van der Waals surface area contributed by atoms with Gasteiger partial charge in [0, 0.05) is 25.2 Å². The summed E-state index contributed by atoms with van der Waals surface area (Å²) >= 11 is 0. The van der Waals surface area contributed by atoms with Gasteiger partial charge in [0.1, 0.15) is 0 Å². The van der Waals surface area contributed by atoms with Crippen LogP contribution in [0, 0.1) is 23.3 Å². The first-order chi connectivity index (χ1) is 10.4. The standard InChI is InChI=1S/C14H13F4NO3/c1-2-22-11(21)4-6-19-5-3-10(20)8-7-9(15)13(17)14(18)12(8)16/h4,6-7,19H,2-3,5H2,1H3. The van der Waals surface area contributed by atoms with E-state index >= 15 is 0 Å². The van der Waals surface area contributed by atoms with Crippen molar-refractivity contribution in [2.75, 3.05) is 13.2 Å². The van der Waals surface area contributed by atoms with Crippen molar-refractivity contribution in [2.24, 2.45) is 0 Å². The number of ketones is 1. The molecule has 0 heterocycles. The topological polar surface area (TPSA) is 55.4 Å². The fraction of sp³-hybridized carbons (Fsp3) is 0.286. The van der Waals surface area contributed by atoms with Gasteiger partial charge in [-0.2, -0.15) is 0 Å². The Morgan fingerprint density at radius 1 is 1.18 bits per heavy atom. The normalized spacial score (nSPS) is 10.8. The fourth-order valence-electron chi connectivity index (χ4n) is 1.50. The van der Waals surface area contributed by atoms with Crippen molar-refractivity contribution in [1.82, 2.24) is 5.32 Å². The number of rotatable bonds is 7. The minimum Gasteiger partial charge on any atom is -0.463 e. The molecule has 0 saturated heterocycles. The Morgan fingerprint density at radius 3 is 2.50 bits per heavy atom. The summed E-state index contributed by atoms with van der Waals surface area (Å²) < 4.78 is 56.7. The summed E-state index contributed by atoms with van der Waals surface area (Å²) in [5, 5.41) is 2.55. The van der Waals surface area contributed by atoms with Crippen LogP contribution in [0.4, 0.5) is 17.6 Å². The van der Waals surface area contributed by atoms with E-state index in [4.69, 9.17) is 0 Å². The smallest absolute Gasteiger partial charge is 0.332 e. The van der Waals surface area contributed by atoms with Crippen LogP contribution in [0.3, 0.4) is 0 Å². The van der Waals surface area contributed by atoms with Crippen LogP contribution in [0.5, 0.6) is 0 Å². The van der Waals surface area contributed by atoms with E-state index in [0.29, 0.717) is 6.07 Å². The summed E-state index contributed by atoms with van der Waals surface area (Å²) in [7, 11) is 0. The molecule has 0 spiro atoms. The number of ether oxygens (including phenoxy) is 1. The zero-order valence-electron chi connectivity index (χ0n) is 11.6. The van der Waals surface area contributed by atoms with Gasteiger partial charge in [0.05, 0.1) is 12.2 Å². The van der Waals surface area contributed by atoms with Gasteiger partial charge in [0.2, 0.25) is 0 Å². The number of carbonyl (C=O) groups excluding carboxylic acids is 2. The summed E-state index contributed by atoms with van der Waals surface area (Å²) in [6.45, 7) is 1.82. The number of carbonyl (C=O) groups is 2. The number of hydrogen-bond acceptors (Lipinski definition) is 4. The Kier molecular flexibility index (Phi) is 6.55. The molecule has 0 aliphatic rings. The number of benzene rings is 1. The lowest BCUT2D eigenvalue weighted by Crippen LogP contribution is -2.15. The number of nitrogens with one attached hydrogen (secondary N) is 1. The molecule has 22 heavy (non-hydrogen) atoms. The molecule has 4 nitrogen and oxygen atoms in total. The van der Waals surface area contributed by atoms with Crippen molar-refractivity contribution in [1.29, 1.82) is 0 Å². The quantitative estimate of drug-likeness (QED) is 0.160. The molecule has 0 aromatic heterocycles. The zero-order chi connectivity index (χ0) is 16.7. The van der Waals surface area contributed by atoms with Gasteiger partial charge in [0.25, 0.3) is 0 Å². The first-order valence-corrected chi connectivity index (χ1v) is 6.31. The molecule has 0 aliphatic heterocycles. The van der Waals surface area contributed by atoms with Gasteiger partial charge in [-0.15, -0.1) is 0 Å². The Bertz CT molecular complexity index is 602. The van der Waals surface area contributed by atoms with E-state index in [-0.39, 0.29) is 19.6 Å². The summed E-state index contributed by atoms with van der Waals surface area (Å²) in [6.07, 6.45) is 1.98. The van der Waals surface area contributed by atoms with Gasteiger partial charge in [-0.3, -0.25) is 4.79 Å². The first kappa shape index (κ1) is 17.7. The molecule has 1 rings (SSSR count). The number of Topliss-reactive ketones (excluding diaryl/α,β-unsaturated/α-hetero) is 1. The lowest BCUT2D eigenvalue weighted by atomic mass is 10.1. The minimum atomic E-state index is -2.03. The monoisotopic (exact) mass is 319 g/mol. The maximum Gasteiger partial charge on any atom is 0.332 e. The third-order valence-corrected chi connectivity index (χ3v) is 2.52. The van der Waals surface area contributed by atoms with Gasteiger partial charge in [-0.25, -0.2) is 22.4 Å². The third-order valence-electron chi connectivity index (χ3n) is 2.52. The van der Waals surface area contributed by atoms with Crippen LogP contribution in [0.25, 0.3) is 0 Å². The van der Waals surface area contributed by atoms with Crippen molar-refractivity contribution in [3.63, 3.8) is 0 Å². The highest BCUT2D eigenvalue weighted by atomic mass is 19.2. The molecule has 0 unspecified atom stereocenters. The number of halogens is 4. The van der Waals surface area contributed by atoms with Gasteiger partial charge < -0.3 is 10.1 Å². The van der Waals surface area contributed by atoms with Crippen molar-refractivity contribution < 1.29 is 31.9 Å². The van der Waals surface area contributed by atoms with Gasteiger partial charge in [-0.05, 0) is 13.0 Å². The number of esters is 1. The summed E-state index contributed by atoms with van der Waals surface area (Å²) in [6, 6.07) is 0.310. The van der Waals surface area contributed by atoms with Crippen LogP contribution in [-0.4, -0.2) is 24.9 Å². The molecular formula is C14H13F4NO3. The predicted octanol–water partition coefficient (Wildman–Crippen LogP) is 2.48. The molecule has 1 aromatic rings. The highest BCUT2D eigenvalue weighted by Crippen LogP contribution is 2.19. The van der Waals surface area contributed by atoms with Crippen molar-refractivity contribution in [2.45, 2.75) is 13.3 Å². The van der Waals surface area contributed by atoms with E-state index < -0.39 is 40.6 Å². The molecule has 0 aliphatic carbocycles. The molecule has 8 heteroatoms. The fourth-order valence-corrected chi connectivity index (χ4v) is 1.50. The van der Waals surface area contributed by atoms with Crippen LogP contribution in [-0.2, 0) is 9.53 Å². The molecule has 0 atom stereocenters. The van der Waals surface area contributed by atoms with E-state index in [1.54, 1.807) is 6.92 Å². The van der Waals surface area contributed by atoms with Gasteiger partial charge in [0.15, 0.2) is 29.1 Å². The second kappa shape index (κ2) is 8.16.